The van der Waals surface area contributed by atoms with Crippen molar-refractivity contribution in [2.24, 2.45) is 0 Å². The molecule has 0 unspecified atom stereocenters. The van der Waals surface area contributed by atoms with Crippen LogP contribution in [0.2, 0.25) is 0 Å². The van der Waals surface area contributed by atoms with Gasteiger partial charge in [-0.3, -0.25) is 0 Å². The van der Waals surface area contributed by atoms with E-state index in [4.69, 9.17) is 5.39 Å². The summed E-state index contributed by atoms with van der Waals surface area (Å²) in [7, 11) is 0. The van der Waals surface area contributed by atoms with E-state index in [1.165, 1.54) is 12.5 Å². The summed E-state index contributed by atoms with van der Waals surface area (Å²) in [5.41, 5.74) is 0. The Morgan fingerprint density at radius 1 is 1.86 bits per heavy atom. The van der Waals surface area contributed by atoms with Gasteiger partial charge in [0.15, 0.2) is 6.20 Å². The number of nitrogens with zero attached hydrogens (tertiary/aromatic N) is 3. The van der Waals surface area contributed by atoms with Crippen molar-refractivity contribution in [3.05, 3.63) is 17.4 Å². The van der Waals surface area contributed by atoms with Crippen molar-refractivity contribution in [3.63, 3.8) is 0 Å². The Balaban J connectivity index is 3.04. The Bertz CT molecular complexity index is 173. The molecule has 0 bridgehead atoms. The Morgan fingerprint density at radius 2 is 2.71 bits per heavy atom. The van der Waals surface area contributed by atoms with Crippen LogP contribution in [0.4, 0.5) is 6.01 Å². The molecule has 0 saturated carbocycles. The molecule has 1 rings (SSSR count). The first-order valence-corrected chi connectivity index (χ1v) is 1.68. The van der Waals surface area contributed by atoms with Gasteiger partial charge in [-0.25, -0.2) is 0 Å². The van der Waals surface area contributed by atoms with E-state index in [9.17, 15) is 0 Å². The molecule has 0 amide bonds. The number of aromatic nitrogens is 1. The van der Waals surface area contributed by atoms with Crippen LogP contribution >= 0.6 is 0 Å². The molecule has 0 aliphatic carbocycles. The summed E-state index contributed by atoms with van der Waals surface area (Å²) in [5.74, 6) is 0. The highest BCUT2D eigenvalue weighted by atomic mass is 16.4. The highest BCUT2D eigenvalue weighted by molar-refractivity contribution is 5.15. The standard InChI is InChI=1S/C3H2N3O/c4-6-3-5-1-2-7-3/h1-2H/q+1. The number of oxazole rings is 1. The Kier molecular flexibility index (Phi) is 0.755. The number of hydrogen-bond donors (Lipinski definition) is 0. The van der Waals surface area contributed by atoms with Gasteiger partial charge in [0, 0.05) is 4.98 Å². The average Bonchev–Trinajstić information content (AvgIpc) is 2.14. The van der Waals surface area contributed by atoms with E-state index in [-0.39, 0.29) is 6.01 Å². The van der Waals surface area contributed by atoms with Crippen molar-refractivity contribution in [2.75, 3.05) is 0 Å². The topological polar surface area (TPSA) is 54.2 Å². The van der Waals surface area contributed by atoms with Crippen LogP contribution in [0.5, 0.6) is 0 Å². The quantitative estimate of drug-likeness (QED) is 0.455. The van der Waals surface area contributed by atoms with Crippen LogP contribution in [-0.2, 0) is 0 Å². The molecule has 0 N–H and O–H groups in total. The Labute approximate surface area is 39.4 Å². The molecule has 0 atom stereocenters. The normalized spacial score (nSPS) is 7.86. The van der Waals surface area contributed by atoms with Gasteiger partial charge < -0.3 is 4.42 Å². The van der Waals surface area contributed by atoms with Crippen LogP contribution in [0.1, 0.15) is 0 Å². The zero-order valence-electron chi connectivity index (χ0n) is 3.40. The Morgan fingerprint density at radius 3 is 3.00 bits per heavy atom. The molecule has 0 aromatic carbocycles. The minimum atomic E-state index is -0.0139. The molecule has 0 fully saturated rings. The second-order valence-electron chi connectivity index (χ2n) is 0.915. The van der Waals surface area contributed by atoms with Gasteiger partial charge in [0.1, 0.15) is 11.7 Å². The molecular formula is C3H2N3O+. The van der Waals surface area contributed by atoms with Gasteiger partial charge in [0.25, 0.3) is 0 Å². The summed E-state index contributed by atoms with van der Waals surface area (Å²) >= 11 is 0. The highest BCUT2D eigenvalue weighted by Gasteiger charge is 2.05. The lowest BCUT2D eigenvalue weighted by atomic mass is 11.0. The lowest BCUT2D eigenvalue weighted by molar-refractivity contribution is 0.583. The van der Waals surface area contributed by atoms with Crippen LogP contribution < -0.4 is 0 Å². The molecule has 34 valence electrons. The van der Waals surface area contributed by atoms with E-state index in [0.717, 1.165) is 0 Å². The first kappa shape index (κ1) is 3.81. The van der Waals surface area contributed by atoms with Crippen molar-refractivity contribution >= 4 is 6.01 Å². The molecule has 4 heteroatoms. The molecule has 0 radical (unpaired) electrons. The largest absolute Gasteiger partial charge is 0.644 e. The van der Waals surface area contributed by atoms with Crippen molar-refractivity contribution in [3.8, 4) is 0 Å². The van der Waals surface area contributed by atoms with Gasteiger partial charge in [-0.05, 0) is 0 Å². The molecule has 0 aliphatic heterocycles. The minimum absolute atomic E-state index is 0.0139. The first-order valence-electron chi connectivity index (χ1n) is 1.68. The summed E-state index contributed by atoms with van der Waals surface area (Å²) in [6.45, 7) is 0. The van der Waals surface area contributed by atoms with Gasteiger partial charge in [0.2, 0.25) is 0 Å². The third-order valence-electron chi connectivity index (χ3n) is 0.505. The lowest BCUT2D eigenvalue weighted by Gasteiger charge is -1.49. The van der Waals surface area contributed by atoms with Crippen molar-refractivity contribution in [1.29, 1.82) is 5.39 Å². The zero-order valence-corrected chi connectivity index (χ0v) is 3.40. The van der Waals surface area contributed by atoms with Crippen LogP contribution in [-0.4, -0.2) is 4.98 Å². The summed E-state index contributed by atoms with van der Waals surface area (Å²) in [4.78, 5) is 6.10. The van der Waals surface area contributed by atoms with E-state index >= 15 is 0 Å². The molecule has 0 aliphatic rings. The summed E-state index contributed by atoms with van der Waals surface area (Å²) in [6.07, 6.45) is 2.73. The van der Waals surface area contributed by atoms with Crippen molar-refractivity contribution in [2.45, 2.75) is 0 Å². The lowest BCUT2D eigenvalue weighted by Crippen LogP contribution is -1.48. The highest BCUT2D eigenvalue weighted by Crippen LogP contribution is 2.03. The maximum absolute atomic E-state index is 7.90. The predicted octanol–water partition coefficient (Wildman–Crippen LogP) is 1.16. The third kappa shape index (κ3) is 0.550. The van der Waals surface area contributed by atoms with E-state index < -0.39 is 0 Å². The predicted molar refractivity (Wildman–Crippen MR) is 21.2 cm³/mol. The fourth-order valence-electron chi connectivity index (χ4n) is 0.265. The molecule has 0 saturated heterocycles. The minimum Gasteiger partial charge on any atom is -0.378 e. The third-order valence-corrected chi connectivity index (χ3v) is 0.505. The van der Waals surface area contributed by atoms with Gasteiger partial charge in [-0.2, -0.15) is 0 Å². The second kappa shape index (κ2) is 1.39. The SMILES string of the molecule is N#[N+]c1ncco1. The Hall–Kier alpha value is -1.37. The number of hydrogen-bond acceptors (Lipinski definition) is 3. The molecule has 4 nitrogen and oxygen atoms in total. The summed E-state index contributed by atoms with van der Waals surface area (Å²) in [6, 6.07) is -0.0139. The summed E-state index contributed by atoms with van der Waals surface area (Å²) < 4.78 is 4.45. The number of rotatable bonds is 0. The smallest absolute Gasteiger partial charge is 0.378 e. The van der Waals surface area contributed by atoms with Gasteiger partial charge in [-0.1, -0.05) is 0 Å². The van der Waals surface area contributed by atoms with Gasteiger partial charge in [-0.15, -0.1) is 0 Å². The molecular weight excluding hydrogens is 94.1 g/mol. The summed E-state index contributed by atoms with van der Waals surface area (Å²) in [5, 5.41) is 7.90. The fourth-order valence-corrected chi connectivity index (χ4v) is 0.265. The van der Waals surface area contributed by atoms with Crippen LogP contribution in [0, 0.1) is 5.39 Å². The second-order valence-corrected chi connectivity index (χ2v) is 0.915. The van der Waals surface area contributed by atoms with Gasteiger partial charge in [0.05, 0.1) is 4.98 Å². The van der Waals surface area contributed by atoms with E-state index in [2.05, 4.69) is 14.4 Å². The van der Waals surface area contributed by atoms with E-state index in [1.807, 2.05) is 0 Å². The van der Waals surface area contributed by atoms with Crippen LogP contribution in [0.3, 0.4) is 0 Å². The van der Waals surface area contributed by atoms with Crippen LogP contribution in [0.25, 0.3) is 4.98 Å². The van der Waals surface area contributed by atoms with Crippen molar-refractivity contribution in [1.82, 2.24) is 4.98 Å². The maximum Gasteiger partial charge on any atom is 0.644 e. The zero-order chi connectivity index (χ0) is 5.11. The van der Waals surface area contributed by atoms with Crippen molar-refractivity contribution < 1.29 is 4.42 Å². The van der Waals surface area contributed by atoms with Gasteiger partial charge >= 0.3 is 6.01 Å². The maximum atomic E-state index is 7.90. The van der Waals surface area contributed by atoms with E-state index in [1.54, 1.807) is 0 Å². The average molecular weight is 96.1 g/mol. The first-order chi connectivity index (χ1) is 3.43. The molecule has 1 heterocycles. The van der Waals surface area contributed by atoms with Crippen LogP contribution in [0.15, 0.2) is 16.9 Å². The molecule has 1 aromatic heterocycles. The van der Waals surface area contributed by atoms with E-state index in [0.29, 0.717) is 0 Å². The molecule has 0 spiro atoms. The monoisotopic (exact) mass is 96.0 g/mol. The fraction of sp³-hybridized carbons (Fsp3) is 0. The number of diazo groups is 1. The molecule has 7 heavy (non-hydrogen) atoms. The molecule has 1 aromatic rings.